The summed E-state index contributed by atoms with van der Waals surface area (Å²) in [5.74, 6) is -0.151. The van der Waals surface area contributed by atoms with Crippen LogP contribution in [-0.4, -0.2) is 30.4 Å². The first-order valence-corrected chi connectivity index (χ1v) is 5.57. The number of ether oxygens (including phenoxy) is 1. The van der Waals surface area contributed by atoms with Crippen molar-refractivity contribution in [1.82, 2.24) is 4.90 Å². The van der Waals surface area contributed by atoms with E-state index in [0.717, 1.165) is 5.56 Å². The van der Waals surface area contributed by atoms with Crippen molar-refractivity contribution in [2.75, 3.05) is 20.7 Å². The minimum Gasteiger partial charge on any atom is -0.494 e. The zero-order valence-corrected chi connectivity index (χ0v) is 10.8. The largest absolute Gasteiger partial charge is 0.494 e. The van der Waals surface area contributed by atoms with Gasteiger partial charge < -0.3 is 9.64 Å². The van der Waals surface area contributed by atoms with Crippen molar-refractivity contribution in [3.63, 3.8) is 0 Å². The normalized spacial score (nSPS) is 10.0. The van der Waals surface area contributed by atoms with Crippen LogP contribution in [0.3, 0.4) is 0 Å². The van der Waals surface area contributed by atoms with Crippen molar-refractivity contribution in [2.45, 2.75) is 6.42 Å². The summed E-state index contributed by atoms with van der Waals surface area (Å²) < 4.78 is 18.1. The lowest BCUT2D eigenvalue weighted by molar-refractivity contribution is 0.235. The Morgan fingerprint density at radius 2 is 2.25 bits per heavy atom. The van der Waals surface area contributed by atoms with Crippen LogP contribution in [0.1, 0.15) is 5.56 Å². The van der Waals surface area contributed by atoms with E-state index in [1.165, 1.54) is 18.1 Å². The maximum absolute atomic E-state index is 13.3. The van der Waals surface area contributed by atoms with Crippen LogP contribution in [0.25, 0.3) is 0 Å². The summed E-state index contributed by atoms with van der Waals surface area (Å²) in [7, 11) is 3.10. The predicted octanol–water partition coefficient (Wildman–Crippen LogP) is 2.82. The molecule has 0 spiro atoms. The lowest BCUT2D eigenvalue weighted by Gasteiger charge is -2.13. The molecule has 0 fully saturated rings. The van der Waals surface area contributed by atoms with E-state index in [2.05, 4.69) is 15.9 Å². The number of amides is 1. The van der Waals surface area contributed by atoms with Gasteiger partial charge in [0.15, 0.2) is 11.6 Å². The van der Waals surface area contributed by atoms with Gasteiger partial charge in [0.1, 0.15) is 0 Å². The molecular weight excluding hydrogens is 277 g/mol. The molecule has 88 valence electrons. The molecule has 0 bridgehead atoms. The molecule has 1 aromatic carbocycles. The fourth-order valence-electron chi connectivity index (χ4n) is 1.25. The minimum atomic E-state index is -0.382. The van der Waals surface area contributed by atoms with E-state index >= 15 is 0 Å². The highest BCUT2D eigenvalue weighted by Crippen LogP contribution is 2.18. The molecule has 0 unspecified atom stereocenters. The lowest BCUT2D eigenvalue weighted by Crippen LogP contribution is -2.23. The highest BCUT2D eigenvalue weighted by atomic mass is 79.9. The Kier molecular flexibility index (Phi) is 4.73. The number of likely N-dealkylation sites (N-methyl/N-ethyl adjacent to an activating group) is 1. The van der Waals surface area contributed by atoms with Crippen LogP contribution in [0, 0.1) is 5.82 Å². The molecule has 0 atom stereocenters. The molecule has 1 aromatic rings. The van der Waals surface area contributed by atoms with Crippen molar-refractivity contribution in [2.24, 2.45) is 0 Å². The molecule has 0 aliphatic heterocycles. The molecular formula is C11H13BrFNO2. The van der Waals surface area contributed by atoms with Gasteiger partial charge in [-0.2, -0.15) is 0 Å². The fourth-order valence-corrected chi connectivity index (χ4v) is 1.43. The third kappa shape index (κ3) is 3.48. The summed E-state index contributed by atoms with van der Waals surface area (Å²) in [5, 5.41) is 0. The van der Waals surface area contributed by atoms with Gasteiger partial charge in [-0.15, -0.1) is 0 Å². The molecule has 16 heavy (non-hydrogen) atoms. The van der Waals surface area contributed by atoms with Crippen LogP contribution >= 0.6 is 15.9 Å². The van der Waals surface area contributed by atoms with Crippen LogP contribution in [0.2, 0.25) is 0 Å². The van der Waals surface area contributed by atoms with Crippen LogP contribution in [0.5, 0.6) is 5.75 Å². The van der Waals surface area contributed by atoms with Gasteiger partial charge in [-0.05, 0) is 24.1 Å². The van der Waals surface area contributed by atoms with Crippen molar-refractivity contribution >= 4 is 20.7 Å². The average molecular weight is 290 g/mol. The first kappa shape index (κ1) is 13.0. The summed E-state index contributed by atoms with van der Waals surface area (Å²) >= 11 is 2.84. The summed E-state index contributed by atoms with van der Waals surface area (Å²) in [6, 6.07) is 4.79. The van der Waals surface area contributed by atoms with Crippen molar-refractivity contribution in [3.05, 3.63) is 29.6 Å². The molecule has 0 aromatic heterocycles. The molecule has 1 rings (SSSR count). The maximum Gasteiger partial charge on any atom is 0.289 e. The summed E-state index contributed by atoms with van der Waals surface area (Å²) in [4.78, 5) is 12.2. The number of methoxy groups -OCH3 is 1. The monoisotopic (exact) mass is 289 g/mol. The number of nitrogens with zero attached hydrogens (tertiary/aromatic N) is 1. The summed E-state index contributed by atoms with van der Waals surface area (Å²) in [6.45, 7) is 0.538. The quantitative estimate of drug-likeness (QED) is 0.630. The molecule has 5 heteroatoms. The molecule has 0 saturated carbocycles. The van der Waals surface area contributed by atoms with E-state index in [4.69, 9.17) is 4.74 Å². The number of rotatable bonds is 4. The van der Waals surface area contributed by atoms with E-state index < -0.39 is 0 Å². The second-order valence-electron chi connectivity index (χ2n) is 3.39. The smallest absolute Gasteiger partial charge is 0.289 e. The molecule has 0 heterocycles. The Balaban J connectivity index is 2.62. The molecule has 3 nitrogen and oxygen atoms in total. The van der Waals surface area contributed by atoms with E-state index in [1.807, 2.05) is 0 Å². The number of hydrogen-bond donors (Lipinski definition) is 0. The van der Waals surface area contributed by atoms with E-state index in [-0.39, 0.29) is 16.4 Å². The van der Waals surface area contributed by atoms with Gasteiger partial charge in [-0.1, -0.05) is 6.07 Å². The third-order valence-electron chi connectivity index (χ3n) is 2.25. The van der Waals surface area contributed by atoms with E-state index in [9.17, 15) is 9.18 Å². The second kappa shape index (κ2) is 5.84. The minimum absolute atomic E-state index is 0.179. The third-order valence-corrected chi connectivity index (χ3v) is 2.86. The Labute approximate surface area is 102 Å². The summed E-state index contributed by atoms with van der Waals surface area (Å²) in [6.07, 6.45) is 0.606. The first-order valence-electron chi connectivity index (χ1n) is 4.77. The Morgan fingerprint density at radius 3 is 2.75 bits per heavy atom. The molecule has 0 radical (unpaired) electrons. The molecule has 0 aliphatic rings. The Bertz CT molecular complexity index is 384. The van der Waals surface area contributed by atoms with Gasteiger partial charge in [0, 0.05) is 29.5 Å². The van der Waals surface area contributed by atoms with Crippen molar-refractivity contribution in [1.29, 1.82) is 0 Å². The van der Waals surface area contributed by atoms with Gasteiger partial charge >= 0.3 is 0 Å². The van der Waals surface area contributed by atoms with Crippen LogP contribution in [0.15, 0.2) is 18.2 Å². The number of halogens is 2. The highest BCUT2D eigenvalue weighted by Gasteiger charge is 2.06. The number of benzene rings is 1. The van der Waals surface area contributed by atoms with Crippen LogP contribution < -0.4 is 4.74 Å². The fraction of sp³-hybridized carbons (Fsp3) is 0.364. The SMILES string of the molecule is COc1ccc(CCN(C)C(=O)Br)cc1F. The summed E-state index contributed by atoms with van der Waals surface area (Å²) in [5.41, 5.74) is 0.832. The van der Waals surface area contributed by atoms with Gasteiger partial charge in [0.2, 0.25) is 0 Å². The molecule has 0 N–H and O–H groups in total. The highest BCUT2D eigenvalue weighted by molar-refractivity contribution is 9.18. The molecule has 1 amide bonds. The number of carbonyl (C=O) groups excluding carboxylic acids is 1. The standard InChI is InChI=1S/C11H13BrFNO2/c1-14(11(12)15)6-5-8-3-4-10(16-2)9(13)7-8/h3-4,7H,5-6H2,1-2H3. The Morgan fingerprint density at radius 1 is 1.56 bits per heavy atom. The van der Waals surface area contributed by atoms with Crippen LogP contribution in [-0.2, 0) is 6.42 Å². The molecule has 0 aliphatic carbocycles. The van der Waals surface area contributed by atoms with E-state index in [0.29, 0.717) is 13.0 Å². The van der Waals surface area contributed by atoms with Gasteiger partial charge in [-0.25, -0.2) is 4.39 Å². The first-order chi connectivity index (χ1) is 7.54. The number of carbonyl (C=O) groups is 1. The van der Waals surface area contributed by atoms with Gasteiger partial charge in [0.05, 0.1) is 7.11 Å². The van der Waals surface area contributed by atoms with Crippen molar-refractivity contribution in [3.8, 4) is 5.75 Å². The Hall–Kier alpha value is -1.10. The number of hydrogen-bond acceptors (Lipinski definition) is 2. The lowest BCUT2D eigenvalue weighted by atomic mass is 10.1. The maximum atomic E-state index is 13.3. The van der Waals surface area contributed by atoms with Gasteiger partial charge in [0.25, 0.3) is 4.82 Å². The van der Waals surface area contributed by atoms with Crippen LogP contribution in [0.4, 0.5) is 9.18 Å². The second-order valence-corrected chi connectivity index (χ2v) is 4.07. The average Bonchev–Trinajstić information content (AvgIpc) is 2.25. The zero-order valence-electron chi connectivity index (χ0n) is 9.17. The predicted molar refractivity (Wildman–Crippen MR) is 63.6 cm³/mol. The molecule has 0 saturated heterocycles. The zero-order chi connectivity index (χ0) is 12.1. The van der Waals surface area contributed by atoms with E-state index in [1.54, 1.807) is 19.2 Å². The topological polar surface area (TPSA) is 29.5 Å². The van der Waals surface area contributed by atoms with Gasteiger partial charge in [-0.3, -0.25) is 4.79 Å². The van der Waals surface area contributed by atoms with Crippen molar-refractivity contribution < 1.29 is 13.9 Å².